The van der Waals surface area contributed by atoms with Crippen LogP contribution >= 0.6 is 0 Å². The molecule has 0 aromatic heterocycles. The predicted molar refractivity (Wildman–Crippen MR) is 74.5 cm³/mol. The van der Waals surface area contributed by atoms with Crippen LogP contribution in [0.25, 0.3) is 0 Å². The summed E-state index contributed by atoms with van der Waals surface area (Å²) in [5.74, 6) is -1.16. The molecule has 3 rings (SSSR count). The third-order valence-electron chi connectivity index (χ3n) is 3.51. The van der Waals surface area contributed by atoms with Gasteiger partial charge >= 0.3 is 5.97 Å². The summed E-state index contributed by atoms with van der Waals surface area (Å²) in [6, 6.07) is 8.82. The minimum atomic E-state index is -0.751. The van der Waals surface area contributed by atoms with Crippen LogP contribution in [0.4, 0.5) is 0 Å². The fourth-order valence-corrected chi connectivity index (χ4v) is 2.59. The lowest BCUT2D eigenvalue weighted by molar-refractivity contribution is -0.209. The zero-order valence-electron chi connectivity index (χ0n) is 12.0. The third kappa shape index (κ3) is 2.72. The van der Waals surface area contributed by atoms with Crippen LogP contribution in [-0.2, 0) is 18.9 Å². The van der Waals surface area contributed by atoms with Crippen LogP contribution in [0.2, 0.25) is 0 Å². The monoisotopic (exact) mass is 290 g/mol. The fraction of sp³-hybridized carbons (Fsp3) is 0.438. The van der Waals surface area contributed by atoms with E-state index in [0.717, 1.165) is 0 Å². The summed E-state index contributed by atoms with van der Waals surface area (Å²) in [6.45, 7) is 7.31. The molecule has 1 aromatic rings. The number of fused-ring (bicyclic) bond motifs is 1. The van der Waals surface area contributed by atoms with Crippen molar-refractivity contribution >= 4 is 5.97 Å². The lowest BCUT2D eigenvalue weighted by atomic mass is 10.1. The first-order valence-electron chi connectivity index (χ1n) is 6.90. The molecule has 2 heterocycles. The van der Waals surface area contributed by atoms with Crippen molar-refractivity contribution in [3.05, 3.63) is 48.6 Å². The molecule has 0 spiro atoms. The summed E-state index contributed by atoms with van der Waals surface area (Å²) in [4.78, 5) is 12.2. The molecule has 112 valence electrons. The van der Waals surface area contributed by atoms with Crippen LogP contribution < -0.4 is 0 Å². The van der Waals surface area contributed by atoms with E-state index in [-0.39, 0.29) is 0 Å². The molecule has 0 radical (unpaired) electrons. The lowest BCUT2D eigenvalue weighted by Crippen LogP contribution is -2.37. The molecule has 2 aliphatic heterocycles. The Kier molecular flexibility index (Phi) is 3.57. The van der Waals surface area contributed by atoms with E-state index in [0.29, 0.717) is 5.56 Å². The van der Waals surface area contributed by atoms with Gasteiger partial charge in [0.2, 0.25) is 0 Å². The highest BCUT2D eigenvalue weighted by atomic mass is 16.8. The van der Waals surface area contributed by atoms with Gasteiger partial charge in [-0.25, -0.2) is 4.79 Å². The average molecular weight is 290 g/mol. The summed E-state index contributed by atoms with van der Waals surface area (Å²) in [7, 11) is 0. The van der Waals surface area contributed by atoms with Crippen molar-refractivity contribution < 1.29 is 23.7 Å². The Labute approximate surface area is 123 Å². The highest BCUT2D eigenvalue weighted by molar-refractivity contribution is 5.89. The molecular weight excluding hydrogens is 272 g/mol. The number of carbonyl (C=O) groups is 1. The van der Waals surface area contributed by atoms with Gasteiger partial charge in [-0.3, -0.25) is 0 Å². The molecule has 0 saturated carbocycles. The molecule has 4 atom stereocenters. The summed E-state index contributed by atoms with van der Waals surface area (Å²) in [5.41, 5.74) is 0.488. The molecule has 5 nitrogen and oxygen atoms in total. The van der Waals surface area contributed by atoms with E-state index in [2.05, 4.69) is 6.58 Å². The molecule has 0 unspecified atom stereocenters. The van der Waals surface area contributed by atoms with E-state index in [1.165, 1.54) is 0 Å². The lowest BCUT2D eigenvalue weighted by Gasteiger charge is -2.24. The van der Waals surface area contributed by atoms with Crippen molar-refractivity contribution in [2.45, 2.75) is 44.2 Å². The standard InChI is InChI=1S/C16H18O5/c1-4-11-12(13-15(18-11)21-16(2,3)20-13)19-14(17)10-8-6-5-7-9-10/h4-9,11-13,15H,1H2,2-3H3/t11-,12+,13-,15-/m1/s1. The SMILES string of the molecule is C=C[C@H]1O[C@@H]2OC(C)(C)O[C@@H]2[C@H]1OC(=O)c1ccccc1. The van der Waals surface area contributed by atoms with Crippen LogP contribution in [0.1, 0.15) is 24.2 Å². The third-order valence-corrected chi connectivity index (χ3v) is 3.51. The van der Waals surface area contributed by atoms with Gasteiger partial charge in [0, 0.05) is 0 Å². The van der Waals surface area contributed by atoms with Gasteiger partial charge < -0.3 is 18.9 Å². The van der Waals surface area contributed by atoms with E-state index >= 15 is 0 Å². The maximum atomic E-state index is 12.2. The number of rotatable bonds is 3. The van der Waals surface area contributed by atoms with E-state index in [4.69, 9.17) is 18.9 Å². The molecule has 0 amide bonds. The highest BCUT2D eigenvalue weighted by Gasteiger charge is 2.55. The van der Waals surface area contributed by atoms with Crippen molar-refractivity contribution in [3.8, 4) is 0 Å². The van der Waals surface area contributed by atoms with Crippen LogP contribution in [-0.4, -0.2) is 36.4 Å². The van der Waals surface area contributed by atoms with Gasteiger partial charge in [-0.05, 0) is 26.0 Å². The number of benzene rings is 1. The molecule has 0 bridgehead atoms. The first-order chi connectivity index (χ1) is 10.00. The van der Waals surface area contributed by atoms with Crippen molar-refractivity contribution in [3.63, 3.8) is 0 Å². The van der Waals surface area contributed by atoms with Gasteiger partial charge in [0.15, 0.2) is 24.3 Å². The Morgan fingerprint density at radius 2 is 2.00 bits per heavy atom. The smallest absolute Gasteiger partial charge is 0.338 e. The van der Waals surface area contributed by atoms with E-state index in [9.17, 15) is 4.79 Å². The number of hydrogen-bond donors (Lipinski definition) is 0. The molecule has 2 aliphatic rings. The predicted octanol–water partition coefficient (Wildman–Crippen LogP) is 2.27. The van der Waals surface area contributed by atoms with Gasteiger partial charge in [-0.2, -0.15) is 0 Å². The van der Waals surface area contributed by atoms with Crippen LogP contribution in [0.3, 0.4) is 0 Å². The van der Waals surface area contributed by atoms with E-state index in [1.807, 2.05) is 6.07 Å². The zero-order valence-corrected chi connectivity index (χ0v) is 12.0. The second-order valence-corrected chi connectivity index (χ2v) is 5.54. The fourth-order valence-electron chi connectivity index (χ4n) is 2.59. The number of esters is 1. The van der Waals surface area contributed by atoms with Crippen LogP contribution in [0, 0.1) is 0 Å². The maximum absolute atomic E-state index is 12.2. The molecule has 5 heteroatoms. The van der Waals surface area contributed by atoms with Gasteiger partial charge in [0.25, 0.3) is 0 Å². The normalized spacial score (nSPS) is 33.4. The Morgan fingerprint density at radius 3 is 2.67 bits per heavy atom. The topological polar surface area (TPSA) is 54.0 Å². The largest absolute Gasteiger partial charge is 0.453 e. The average Bonchev–Trinajstić information content (AvgIpc) is 2.92. The van der Waals surface area contributed by atoms with Crippen LogP contribution in [0.15, 0.2) is 43.0 Å². The Hall–Kier alpha value is -1.69. The molecule has 2 saturated heterocycles. The highest BCUT2D eigenvalue weighted by Crippen LogP contribution is 2.39. The number of carbonyl (C=O) groups excluding carboxylic acids is 1. The molecule has 1 aromatic carbocycles. The minimum Gasteiger partial charge on any atom is -0.453 e. The summed E-state index contributed by atoms with van der Waals surface area (Å²) in [5, 5.41) is 0. The molecule has 21 heavy (non-hydrogen) atoms. The Balaban J connectivity index is 1.76. The number of ether oxygens (including phenoxy) is 4. The molecule has 0 aliphatic carbocycles. The first kappa shape index (κ1) is 14.3. The zero-order chi connectivity index (χ0) is 15.0. The molecule has 0 N–H and O–H groups in total. The second kappa shape index (κ2) is 5.26. The quantitative estimate of drug-likeness (QED) is 0.631. The minimum absolute atomic E-state index is 0.412. The second-order valence-electron chi connectivity index (χ2n) is 5.54. The maximum Gasteiger partial charge on any atom is 0.338 e. The van der Waals surface area contributed by atoms with Crippen LogP contribution in [0.5, 0.6) is 0 Å². The van der Waals surface area contributed by atoms with E-state index in [1.54, 1.807) is 44.2 Å². The van der Waals surface area contributed by atoms with Crippen molar-refractivity contribution in [1.82, 2.24) is 0 Å². The van der Waals surface area contributed by atoms with Crippen molar-refractivity contribution in [2.75, 3.05) is 0 Å². The van der Waals surface area contributed by atoms with Gasteiger partial charge in [-0.1, -0.05) is 24.3 Å². The summed E-state index contributed by atoms with van der Waals surface area (Å²) >= 11 is 0. The van der Waals surface area contributed by atoms with Crippen molar-refractivity contribution in [1.29, 1.82) is 0 Å². The molecular formula is C16H18O5. The first-order valence-corrected chi connectivity index (χ1v) is 6.90. The summed E-state index contributed by atoms with van der Waals surface area (Å²) in [6.07, 6.45) is -0.404. The van der Waals surface area contributed by atoms with Gasteiger partial charge in [0.1, 0.15) is 6.10 Å². The van der Waals surface area contributed by atoms with Crippen molar-refractivity contribution in [2.24, 2.45) is 0 Å². The van der Waals surface area contributed by atoms with Gasteiger partial charge in [-0.15, -0.1) is 6.58 Å². The Morgan fingerprint density at radius 1 is 1.29 bits per heavy atom. The summed E-state index contributed by atoms with van der Waals surface area (Å²) < 4.78 is 22.7. The Bertz CT molecular complexity index is 539. The number of hydrogen-bond acceptors (Lipinski definition) is 5. The molecule has 2 fully saturated rings. The van der Waals surface area contributed by atoms with E-state index < -0.39 is 36.4 Å². The van der Waals surface area contributed by atoms with Gasteiger partial charge in [0.05, 0.1) is 5.56 Å².